The van der Waals surface area contributed by atoms with Gasteiger partial charge in [0.1, 0.15) is 0 Å². The van der Waals surface area contributed by atoms with Crippen molar-refractivity contribution in [1.82, 2.24) is 14.7 Å². The Kier molecular flexibility index (Phi) is 6.45. The van der Waals surface area contributed by atoms with E-state index < -0.39 is 0 Å². The molecule has 0 saturated heterocycles. The average molecular weight is 337 g/mol. The molecule has 23 heavy (non-hydrogen) atoms. The fourth-order valence-electron chi connectivity index (χ4n) is 3.15. The van der Waals surface area contributed by atoms with E-state index in [1.165, 1.54) is 22.5 Å². The van der Waals surface area contributed by atoms with Crippen LogP contribution in [0.4, 0.5) is 5.69 Å². The van der Waals surface area contributed by atoms with Crippen LogP contribution in [0.1, 0.15) is 23.7 Å². The van der Waals surface area contributed by atoms with Crippen molar-refractivity contribution in [3.05, 3.63) is 47.3 Å². The number of fused-ring (bicyclic) bond motifs is 1. The van der Waals surface area contributed by atoms with Gasteiger partial charge in [0.25, 0.3) is 0 Å². The number of nitrogens with one attached hydrogen (secondary N) is 1. The summed E-state index contributed by atoms with van der Waals surface area (Å²) in [6.45, 7) is 6.47. The normalized spacial score (nSPS) is 12.8. The first-order valence-corrected chi connectivity index (χ1v) is 8.00. The molecule has 0 fully saturated rings. The minimum absolute atomic E-state index is 0. The first-order chi connectivity index (χ1) is 10.8. The van der Waals surface area contributed by atoms with Crippen LogP contribution in [-0.4, -0.2) is 39.5 Å². The molecule has 0 bridgehead atoms. The Bertz CT molecular complexity index is 629. The zero-order valence-corrected chi connectivity index (χ0v) is 14.4. The maximum atomic E-state index is 9.38. The Morgan fingerprint density at radius 2 is 2.17 bits per heavy atom. The molecule has 0 aliphatic carbocycles. The molecule has 5 nitrogen and oxygen atoms in total. The smallest absolute Gasteiger partial charge is 0.0558 e. The summed E-state index contributed by atoms with van der Waals surface area (Å²) in [4.78, 5) is 2.28. The lowest BCUT2D eigenvalue weighted by atomic mass is 10.1. The first kappa shape index (κ1) is 17.8. The molecular formula is C17H25ClN4O. The highest BCUT2D eigenvalue weighted by atomic mass is 35.5. The van der Waals surface area contributed by atoms with Crippen molar-refractivity contribution in [1.29, 1.82) is 0 Å². The second-order valence-electron chi connectivity index (χ2n) is 5.70. The van der Waals surface area contributed by atoms with Crippen LogP contribution in [0, 0.1) is 0 Å². The van der Waals surface area contributed by atoms with Gasteiger partial charge in [-0.2, -0.15) is 5.10 Å². The van der Waals surface area contributed by atoms with Gasteiger partial charge in [-0.25, -0.2) is 0 Å². The lowest BCUT2D eigenvalue weighted by molar-refractivity contribution is 0.181. The van der Waals surface area contributed by atoms with Crippen molar-refractivity contribution in [2.45, 2.75) is 33.0 Å². The number of rotatable bonds is 7. The van der Waals surface area contributed by atoms with Crippen LogP contribution in [0.5, 0.6) is 0 Å². The van der Waals surface area contributed by atoms with Gasteiger partial charge >= 0.3 is 0 Å². The molecule has 3 rings (SSSR count). The molecule has 0 spiro atoms. The van der Waals surface area contributed by atoms with Gasteiger partial charge in [-0.1, -0.05) is 18.2 Å². The Balaban J connectivity index is 0.00000192. The van der Waals surface area contributed by atoms with Gasteiger partial charge in [-0.05, 0) is 30.5 Å². The number of aliphatic hydroxyl groups is 1. The van der Waals surface area contributed by atoms with Crippen molar-refractivity contribution in [3.8, 4) is 0 Å². The van der Waals surface area contributed by atoms with Gasteiger partial charge in [-0.15, -0.1) is 12.4 Å². The molecule has 2 heterocycles. The molecule has 0 amide bonds. The first-order valence-electron chi connectivity index (χ1n) is 8.00. The second-order valence-corrected chi connectivity index (χ2v) is 5.70. The highest BCUT2D eigenvalue weighted by Crippen LogP contribution is 2.27. The number of benzene rings is 1. The number of halogens is 1. The van der Waals surface area contributed by atoms with Gasteiger partial charge < -0.3 is 10.4 Å². The molecule has 1 aromatic carbocycles. The third-order valence-corrected chi connectivity index (χ3v) is 4.23. The molecule has 2 aromatic rings. The number of hydrogen-bond donors (Lipinski definition) is 2. The predicted octanol–water partition coefficient (Wildman–Crippen LogP) is 2.29. The summed E-state index contributed by atoms with van der Waals surface area (Å²) in [6.07, 6.45) is 2.95. The minimum Gasteiger partial charge on any atom is -0.395 e. The van der Waals surface area contributed by atoms with Crippen LogP contribution in [0.3, 0.4) is 0 Å². The number of aryl methyl sites for hydroxylation is 1. The fourth-order valence-corrected chi connectivity index (χ4v) is 3.15. The summed E-state index contributed by atoms with van der Waals surface area (Å²) in [5.74, 6) is 0. The second kappa shape index (κ2) is 8.34. The minimum atomic E-state index is 0. The molecular weight excluding hydrogens is 312 g/mol. The Morgan fingerprint density at radius 1 is 1.30 bits per heavy atom. The van der Waals surface area contributed by atoms with E-state index >= 15 is 0 Å². The SMILES string of the molecule is CCn1nccc1CN(CCO)Cc1cccc2c1NCC2.Cl. The maximum Gasteiger partial charge on any atom is 0.0558 e. The quantitative estimate of drug-likeness (QED) is 0.814. The summed E-state index contributed by atoms with van der Waals surface area (Å²) in [7, 11) is 0. The van der Waals surface area contributed by atoms with Crippen molar-refractivity contribution in [3.63, 3.8) is 0 Å². The number of aliphatic hydroxyl groups excluding tert-OH is 1. The van der Waals surface area contributed by atoms with Crippen LogP contribution in [-0.2, 0) is 26.1 Å². The molecule has 0 unspecified atom stereocenters. The molecule has 1 aliphatic heterocycles. The van der Waals surface area contributed by atoms with Crippen molar-refractivity contribution in [2.24, 2.45) is 0 Å². The Morgan fingerprint density at radius 3 is 2.96 bits per heavy atom. The summed E-state index contributed by atoms with van der Waals surface area (Å²) < 4.78 is 2.01. The summed E-state index contributed by atoms with van der Waals surface area (Å²) in [6, 6.07) is 8.57. The van der Waals surface area contributed by atoms with Gasteiger partial charge in [0, 0.05) is 44.6 Å². The van der Waals surface area contributed by atoms with E-state index in [2.05, 4.69) is 46.5 Å². The molecule has 0 radical (unpaired) electrons. The number of aromatic nitrogens is 2. The highest BCUT2D eigenvalue weighted by molar-refractivity contribution is 5.85. The van der Waals surface area contributed by atoms with Crippen LogP contribution >= 0.6 is 12.4 Å². The number of nitrogens with zero attached hydrogens (tertiary/aromatic N) is 3. The highest BCUT2D eigenvalue weighted by Gasteiger charge is 2.16. The molecule has 126 valence electrons. The monoisotopic (exact) mass is 336 g/mol. The molecule has 1 aliphatic rings. The predicted molar refractivity (Wildman–Crippen MR) is 95.0 cm³/mol. The summed E-state index contributed by atoms with van der Waals surface area (Å²) in [5, 5.41) is 17.2. The van der Waals surface area contributed by atoms with Crippen LogP contribution in [0.15, 0.2) is 30.5 Å². The van der Waals surface area contributed by atoms with E-state index in [4.69, 9.17) is 0 Å². The number of para-hydroxylation sites is 1. The van der Waals surface area contributed by atoms with Crippen LogP contribution in [0.25, 0.3) is 0 Å². The molecule has 0 atom stereocenters. The molecule has 1 aromatic heterocycles. The Hall–Kier alpha value is -1.56. The molecule has 2 N–H and O–H groups in total. The fraction of sp³-hybridized carbons (Fsp3) is 0.471. The summed E-state index contributed by atoms with van der Waals surface area (Å²) >= 11 is 0. The zero-order valence-electron chi connectivity index (χ0n) is 13.5. The molecule has 6 heteroatoms. The van der Waals surface area contributed by atoms with E-state index in [0.29, 0.717) is 6.54 Å². The maximum absolute atomic E-state index is 9.38. The van der Waals surface area contributed by atoms with E-state index in [1.54, 1.807) is 0 Å². The lowest BCUT2D eigenvalue weighted by Crippen LogP contribution is -2.27. The lowest BCUT2D eigenvalue weighted by Gasteiger charge is -2.23. The average Bonchev–Trinajstić information content (AvgIpc) is 3.16. The summed E-state index contributed by atoms with van der Waals surface area (Å²) in [5.41, 5.74) is 5.19. The van der Waals surface area contributed by atoms with E-state index in [-0.39, 0.29) is 19.0 Å². The topological polar surface area (TPSA) is 53.3 Å². The molecule has 0 saturated carbocycles. The van der Waals surface area contributed by atoms with Crippen molar-refractivity contribution < 1.29 is 5.11 Å². The van der Waals surface area contributed by atoms with Gasteiger partial charge in [0.2, 0.25) is 0 Å². The van der Waals surface area contributed by atoms with E-state index in [9.17, 15) is 5.11 Å². The van der Waals surface area contributed by atoms with Gasteiger partial charge in [0.15, 0.2) is 0 Å². The van der Waals surface area contributed by atoms with Crippen LogP contribution < -0.4 is 5.32 Å². The zero-order chi connectivity index (χ0) is 15.4. The third-order valence-electron chi connectivity index (χ3n) is 4.23. The van der Waals surface area contributed by atoms with Gasteiger partial charge in [0.05, 0.1) is 12.3 Å². The van der Waals surface area contributed by atoms with Crippen LogP contribution in [0.2, 0.25) is 0 Å². The number of hydrogen-bond acceptors (Lipinski definition) is 4. The third kappa shape index (κ3) is 4.05. The van der Waals surface area contributed by atoms with Gasteiger partial charge in [-0.3, -0.25) is 9.58 Å². The van der Waals surface area contributed by atoms with Crippen molar-refractivity contribution in [2.75, 3.05) is 25.0 Å². The largest absolute Gasteiger partial charge is 0.395 e. The van der Waals surface area contributed by atoms with E-state index in [1.807, 2.05) is 10.9 Å². The number of anilines is 1. The van der Waals surface area contributed by atoms with E-state index in [0.717, 1.165) is 32.6 Å². The Labute approximate surface area is 143 Å². The van der Waals surface area contributed by atoms with Crippen molar-refractivity contribution >= 4 is 18.1 Å². The standard InChI is InChI=1S/C17H24N4O.ClH/c1-2-21-16(7-9-19-21)13-20(10-11-22)12-15-5-3-4-14-6-8-18-17(14)15;/h3-5,7,9,18,22H,2,6,8,10-13H2,1H3;1H.